The number of anilines is 1. The van der Waals surface area contributed by atoms with Gasteiger partial charge in [0.15, 0.2) is 0 Å². The van der Waals surface area contributed by atoms with Crippen LogP contribution in [0.2, 0.25) is 0 Å². The van der Waals surface area contributed by atoms with Crippen molar-refractivity contribution in [1.29, 1.82) is 0 Å². The first-order valence-electron chi connectivity index (χ1n) is 7.55. The quantitative estimate of drug-likeness (QED) is 0.758. The summed E-state index contributed by atoms with van der Waals surface area (Å²) in [7, 11) is 0. The molecule has 4 rings (SSSR count). The number of benzene rings is 1. The minimum atomic E-state index is -0.423. The highest BCUT2D eigenvalue weighted by Crippen LogP contribution is 2.32. The van der Waals surface area contributed by atoms with E-state index < -0.39 is 5.91 Å². The van der Waals surface area contributed by atoms with Crippen LogP contribution < -0.4 is 10.6 Å². The molecule has 0 unspecified atom stereocenters. The predicted octanol–water partition coefficient (Wildman–Crippen LogP) is 2.20. The zero-order valence-electron chi connectivity index (χ0n) is 12.2. The Bertz CT molecular complexity index is 863. The summed E-state index contributed by atoms with van der Waals surface area (Å²) in [4.78, 5) is 25.9. The normalized spacial score (nSPS) is 15.5. The predicted molar refractivity (Wildman–Crippen MR) is 86.0 cm³/mol. The largest absolute Gasteiger partial charge is 0.366 e. The molecule has 3 aromatic rings. The number of nitrogens with one attached hydrogen (secondary N) is 1. The summed E-state index contributed by atoms with van der Waals surface area (Å²) in [6, 6.07) is 5.43. The second-order valence-corrected chi connectivity index (χ2v) is 5.72. The highest BCUT2D eigenvalue weighted by molar-refractivity contribution is 6.13. The van der Waals surface area contributed by atoms with E-state index >= 15 is 0 Å². The molecule has 6 nitrogen and oxygen atoms in total. The van der Waals surface area contributed by atoms with Gasteiger partial charge >= 0.3 is 0 Å². The number of hydrogen-bond acceptors (Lipinski definition) is 4. The molecule has 0 atom stereocenters. The van der Waals surface area contributed by atoms with Crippen LogP contribution >= 0.6 is 0 Å². The molecule has 0 spiro atoms. The second-order valence-electron chi connectivity index (χ2n) is 5.72. The van der Waals surface area contributed by atoms with E-state index in [2.05, 4.69) is 19.9 Å². The van der Waals surface area contributed by atoms with Gasteiger partial charge in [0.1, 0.15) is 17.8 Å². The highest BCUT2D eigenvalue weighted by Gasteiger charge is 2.19. The molecule has 0 aliphatic carbocycles. The van der Waals surface area contributed by atoms with Crippen LogP contribution in [0.25, 0.3) is 21.9 Å². The highest BCUT2D eigenvalue weighted by atomic mass is 16.1. The van der Waals surface area contributed by atoms with Crippen molar-refractivity contribution in [2.75, 3.05) is 18.0 Å². The zero-order valence-corrected chi connectivity index (χ0v) is 12.2. The van der Waals surface area contributed by atoms with Gasteiger partial charge in [-0.05, 0) is 37.5 Å². The minimum Gasteiger partial charge on any atom is -0.366 e. The fourth-order valence-corrected chi connectivity index (χ4v) is 3.21. The van der Waals surface area contributed by atoms with Gasteiger partial charge in [0, 0.05) is 29.6 Å². The lowest BCUT2D eigenvalue weighted by Crippen LogP contribution is -2.30. The number of carbonyl (C=O) groups excluding carboxylic acids is 1. The molecule has 6 heteroatoms. The third kappa shape index (κ3) is 1.99. The summed E-state index contributed by atoms with van der Waals surface area (Å²) in [5.41, 5.74) is 7.65. The van der Waals surface area contributed by atoms with Gasteiger partial charge < -0.3 is 15.6 Å². The van der Waals surface area contributed by atoms with E-state index in [-0.39, 0.29) is 0 Å². The van der Waals surface area contributed by atoms with Gasteiger partial charge in [-0.1, -0.05) is 0 Å². The SMILES string of the molecule is NC(=O)c1ccc2[nH]c3ncnc(N4CCCCC4)c3c2c1. The number of aromatic nitrogens is 3. The fourth-order valence-electron chi connectivity index (χ4n) is 3.21. The van der Waals surface area contributed by atoms with Crippen molar-refractivity contribution in [3.05, 3.63) is 30.1 Å². The van der Waals surface area contributed by atoms with E-state index in [4.69, 9.17) is 5.73 Å². The van der Waals surface area contributed by atoms with Gasteiger partial charge in [0.25, 0.3) is 0 Å². The maximum absolute atomic E-state index is 11.5. The Morgan fingerprint density at radius 3 is 2.77 bits per heavy atom. The first-order valence-corrected chi connectivity index (χ1v) is 7.55. The third-order valence-electron chi connectivity index (χ3n) is 4.31. The van der Waals surface area contributed by atoms with Crippen LogP contribution in [0.4, 0.5) is 5.82 Å². The number of fused-ring (bicyclic) bond motifs is 3. The smallest absolute Gasteiger partial charge is 0.248 e. The molecule has 1 aromatic carbocycles. The first-order chi connectivity index (χ1) is 10.7. The van der Waals surface area contributed by atoms with Crippen LogP contribution in [-0.2, 0) is 0 Å². The monoisotopic (exact) mass is 295 g/mol. The number of nitrogens with zero attached hydrogens (tertiary/aromatic N) is 3. The van der Waals surface area contributed by atoms with E-state index in [0.29, 0.717) is 5.56 Å². The molecule has 112 valence electrons. The lowest BCUT2D eigenvalue weighted by Gasteiger charge is -2.28. The molecule has 1 saturated heterocycles. The summed E-state index contributed by atoms with van der Waals surface area (Å²) in [6.45, 7) is 2.02. The summed E-state index contributed by atoms with van der Waals surface area (Å²) >= 11 is 0. The topological polar surface area (TPSA) is 87.9 Å². The third-order valence-corrected chi connectivity index (χ3v) is 4.31. The number of piperidine rings is 1. The molecule has 1 aliphatic rings. The van der Waals surface area contributed by atoms with Crippen molar-refractivity contribution in [2.45, 2.75) is 19.3 Å². The van der Waals surface area contributed by atoms with Crippen LogP contribution in [-0.4, -0.2) is 33.9 Å². The molecule has 1 fully saturated rings. The number of aromatic amines is 1. The summed E-state index contributed by atoms with van der Waals surface area (Å²) in [5.74, 6) is 0.519. The number of nitrogens with two attached hydrogens (primary N) is 1. The average Bonchev–Trinajstić information content (AvgIpc) is 2.93. The molecular formula is C16H17N5O. The molecule has 0 radical (unpaired) electrons. The van der Waals surface area contributed by atoms with Gasteiger partial charge in [-0.25, -0.2) is 9.97 Å². The van der Waals surface area contributed by atoms with E-state index in [9.17, 15) is 4.79 Å². The lowest BCUT2D eigenvalue weighted by atomic mass is 10.1. The Morgan fingerprint density at radius 2 is 2.00 bits per heavy atom. The summed E-state index contributed by atoms with van der Waals surface area (Å²) < 4.78 is 0. The van der Waals surface area contributed by atoms with Crippen LogP contribution in [0.3, 0.4) is 0 Å². The van der Waals surface area contributed by atoms with Crippen LogP contribution in [0.5, 0.6) is 0 Å². The molecule has 2 aromatic heterocycles. The molecule has 1 amide bonds. The standard InChI is InChI=1S/C16H17N5O/c17-14(22)10-4-5-12-11(8-10)13-15(20-12)18-9-19-16(13)21-6-2-1-3-7-21/h4-5,8-9H,1-3,6-7H2,(H2,17,22)(H,18,19,20). The number of rotatable bonds is 2. The Hall–Kier alpha value is -2.63. The Balaban J connectivity index is 1.98. The summed E-state index contributed by atoms with van der Waals surface area (Å²) in [5, 5.41) is 1.93. The molecule has 0 saturated carbocycles. The maximum atomic E-state index is 11.5. The van der Waals surface area contributed by atoms with E-state index in [1.807, 2.05) is 12.1 Å². The Morgan fingerprint density at radius 1 is 1.18 bits per heavy atom. The van der Waals surface area contributed by atoms with Gasteiger partial charge in [0.05, 0.1) is 5.39 Å². The number of H-pyrrole nitrogens is 1. The van der Waals surface area contributed by atoms with Crippen LogP contribution in [0.15, 0.2) is 24.5 Å². The van der Waals surface area contributed by atoms with E-state index in [0.717, 1.165) is 40.8 Å². The summed E-state index contributed by atoms with van der Waals surface area (Å²) in [6.07, 6.45) is 5.22. The van der Waals surface area contributed by atoms with Gasteiger partial charge in [0.2, 0.25) is 5.91 Å². The van der Waals surface area contributed by atoms with Gasteiger partial charge in [-0.3, -0.25) is 4.79 Å². The molecule has 1 aliphatic heterocycles. The van der Waals surface area contributed by atoms with Crippen molar-refractivity contribution < 1.29 is 4.79 Å². The van der Waals surface area contributed by atoms with Gasteiger partial charge in [-0.15, -0.1) is 0 Å². The lowest BCUT2D eigenvalue weighted by molar-refractivity contribution is 0.100. The molecule has 22 heavy (non-hydrogen) atoms. The Labute approximate surface area is 127 Å². The van der Waals surface area contributed by atoms with Crippen molar-refractivity contribution >= 4 is 33.7 Å². The van der Waals surface area contributed by atoms with Crippen molar-refractivity contribution in [2.24, 2.45) is 5.73 Å². The minimum absolute atomic E-state index is 0.423. The molecule has 3 heterocycles. The molecule has 0 bridgehead atoms. The number of carbonyl (C=O) groups is 1. The van der Waals surface area contributed by atoms with Crippen LogP contribution in [0.1, 0.15) is 29.6 Å². The maximum Gasteiger partial charge on any atom is 0.248 e. The number of amides is 1. The van der Waals surface area contributed by atoms with Crippen molar-refractivity contribution in [3.8, 4) is 0 Å². The van der Waals surface area contributed by atoms with Crippen LogP contribution in [0, 0.1) is 0 Å². The average molecular weight is 295 g/mol. The van der Waals surface area contributed by atoms with Gasteiger partial charge in [-0.2, -0.15) is 0 Å². The van der Waals surface area contributed by atoms with Crippen molar-refractivity contribution in [1.82, 2.24) is 15.0 Å². The fraction of sp³-hybridized carbons (Fsp3) is 0.312. The number of primary amides is 1. The second kappa shape index (κ2) is 4.98. The number of hydrogen-bond donors (Lipinski definition) is 2. The first kappa shape index (κ1) is 13.1. The van der Waals surface area contributed by atoms with E-state index in [1.54, 1.807) is 12.4 Å². The van der Waals surface area contributed by atoms with E-state index in [1.165, 1.54) is 19.3 Å². The van der Waals surface area contributed by atoms with Crippen molar-refractivity contribution in [3.63, 3.8) is 0 Å². The molecular weight excluding hydrogens is 278 g/mol. The zero-order chi connectivity index (χ0) is 15.1. The Kier molecular flexibility index (Phi) is 2.96. The molecule has 3 N–H and O–H groups in total.